The van der Waals surface area contributed by atoms with E-state index in [4.69, 9.17) is 16.9 Å². The Bertz CT molecular complexity index is 475. The van der Waals surface area contributed by atoms with Crippen LogP contribution in [0.4, 0.5) is 4.39 Å². The lowest BCUT2D eigenvalue weighted by atomic mass is 9.84. The van der Waals surface area contributed by atoms with Gasteiger partial charge in [-0.25, -0.2) is 4.39 Å². The first kappa shape index (κ1) is 14.9. The van der Waals surface area contributed by atoms with Gasteiger partial charge in [-0.1, -0.05) is 31.5 Å². The van der Waals surface area contributed by atoms with Crippen molar-refractivity contribution in [1.82, 2.24) is 5.32 Å². The van der Waals surface area contributed by atoms with Crippen LogP contribution in [0.2, 0.25) is 5.02 Å². The molecule has 0 spiro atoms. The van der Waals surface area contributed by atoms with Gasteiger partial charge in [0.25, 0.3) is 0 Å². The molecule has 0 aromatic heterocycles. The van der Waals surface area contributed by atoms with Crippen LogP contribution in [0, 0.1) is 17.1 Å². The molecule has 2 nitrogen and oxygen atoms in total. The van der Waals surface area contributed by atoms with Crippen LogP contribution in [-0.2, 0) is 5.41 Å². The van der Waals surface area contributed by atoms with Gasteiger partial charge in [0.2, 0.25) is 0 Å². The summed E-state index contributed by atoms with van der Waals surface area (Å²) in [5, 5.41) is 12.3. The molecule has 1 N–H and O–H groups in total. The van der Waals surface area contributed by atoms with Crippen molar-refractivity contribution in [2.75, 3.05) is 6.54 Å². The van der Waals surface area contributed by atoms with Gasteiger partial charge < -0.3 is 0 Å². The van der Waals surface area contributed by atoms with E-state index in [0.29, 0.717) is 6.54 Å². The molecule has 1 rings (SSSR count). The van der Waals surface area contributed by atoms with Gasteiger partial charge >= 0.3 is 0 Å². The molecule has 0 fully saturated rings. The number of nitrogens with zero attached hydrogens (tertiary/aromatic N) is 1. The Labute approximate surface area is 113 Å². The van der Waals surface area contributed by atoms with Crippen molar-refractivity contribution in [2.45, 2.75) is 38.6 Å². The summed E-state index contributed by atoms with van der Waals surface area (Å²) in [5.41, 5.74) is 0.127. The van der Waals surface area contributed by atoms with E-state index in [1.54, 1.807) is 12.1 Å². The number of rotatable bonds is 4. The molecule has 4 heteroatoms. The van der Waals surface area contributed by atoms with Gasteiger partial charge in [0.1, 0.15) is 11.4 Å². The fraction of sp³-hybridized carbons (Fsp3) is 0.500. The maximum Gasteiger partial charge on any atom is 0.141 e. The van der Waals surface area contributed by atoms with Crippen molar-refractivity contribution in [1.29, 1.82) is 5.26 Å². The van der Waals surface area contributed by atoms with Crippen LogP contribution >= 0.6 is 11.6 Å². The predicted octanol–water partition coefficient (Wildman–Crippen LogP) is 3.65. The van der Waals surface area contributed by atoms with Crippen molar-refractivity contribution >= 4 is 11.6 Å². The summed E-state index contributed by atoms with van der Waals surface area (Å²) in [5.74, 6) is -0.415. The summed E-state index contributed by atoms with van der Waals surface area (Å²) in [4.78, 5) is 0. The van der Waals surface area contributed by atoms with Gasteiger partial charge in [-0.2, -0.15) is 5.26 Å². The van der Waals surface area contributed by atoms with E-state index < -0.39 is 11.4 Å². The lowest BCUT2D eigenvalue weighted by Gasteiger charge is -2.29. The standard InChI is InChI=1S/C14H18ClFN2/c1-13(2,9-18-14(3,4)8-17)10-5-6-12(16)11(15)7-10/h5-7,18H,9H2,1-4H3. The second-order valence-electron chi connectivity index (χ2n) is 5.60. The van der Waals surface area contributed by atoms with Crippen LogP contribution in [0.15, 0.2) is 18.2 Å². The average molecular weight is 269 g/mol. The number of nitrogens with one attached hydrogen (secondary N) is 1. The van der Waals surface area contributed by atoms with Gasteiger partial charge in [0.05, 0.1) is 11.1 Å². The molecule has 0 aliphatic carbocycles. The van der Waals surface area contributed by atoms with Gasteiger partial charge in [-0.15, -0.1) is 0 Å². The Morgan fingerprint density at radius 2 is 1.94 bits per heavy atom. The molecule has 1 aromatic rings. The Morgan fingerprint density at radius 3 is 2.44 bits per heavy atom. The Hall–Kier alpha value is -1.11. The molecule has 0 atom stereocenters. The van der Waals surface area contributed by atoms with Crippen LogP contribution in [0.5, 0.6) is 0 Å². The highest BCUT2D eigenvalue weighted by Gasteiger charge is 2.25. The zero-order valence-corrected chi connectivity index (χ0v) is 11.9. The number of nitriles is 1. The number of hydrogen-bond acceptors (Lipinski definition) is 2. The lowest BCUT2D eigenvalue weighted by Crippen LogP contribution is -2.44. The minimum Gasteiger partial charge on any atom is -0.299 e. The zero-order valence-electron chi connectivity index (χ0n) is 11.1. The molecule has 0 saturated heterocycles. The molecule has 0 bridgehead atoms. The SMILES string of the molecule is CC(C)(C#N)NCC(C)(C)c1ccc(F)c(Cl)c1. The molecule has 18 heavy (non-hydrogen) atoms. The highest BCUT2D eigenvalue weighted by atomic mass is 35.5. The minimum atomic E-state index is -0.582. The third kappa shape index (κ3) is 3.69. The van der Waals surface area contributed by atoms with Crippen molar-refractivity contribution in [3.05, 3.63) is 34.6 Å². The Balaban J connectivity index is 2.86. The fourth-order valence-electron chi connectivity index (χ4n) is 1.50. The number of halogens is 2. The first-order valence-electron chi connectivity index (χ1n) is 5.80. The van der Waals surface area contributed by atoms with Crippen molar-refractivity contribution in [3.8, 4) is 6.07 Å². The highest BCUT2D eigenvalue weighted by Crippen LogP contribution is 2.27. The van der Waals surface area contributed by atoms with Crippen LogP contribution in [0.1, 0.15) is 33.3 Å². The zero-order chi connectivity index (χ0) is 14.0. The maximum absolute atomic E-state index is 13.1. The first-order chi connectivity index (χ1) is 8.18. The minimum absolute atomic E-state index is 0.125. The molecular weight excluding hydrogens is 251 g/mol. The summed E-state index contributed by atoms with van der Waals surface area (Å²) in [7, 11) is 0. The van der Waals surface area contributed by atoms with Gasteiger partial charge in [-0.3, -0.25) is 5.32 Å². The van der Waals surface area contributed by atoms with Crippen LogP contribution in [-0.4, -0.2) is 12.1 Å². The Morgan fingerprint density at radius 1 is 1.33 bits per heavy atom. The quantitative estimate of drug-likeness (QED) is 0.905. The molecule has 0 amide bonds. The molecule has 1 aromatic carbocycles. The predicted molar refractivity (Wildman–Crippen MR) is 72.1 cm³/mol. The van der Waals surface area contributed by atoms with E-state index in [2.05, 4.69) is 11.4 Å². The summed E-state index contributed by atoms with van der Waals surface area (Å²) in [6.45, 7) is 8.30. The van der Waals surface area contributed by atoms with Crippen molar-refractivity contribution in [3.63, 3.8) is 0 Å². The molecule has 0 radical (unpaired) electrons. The van der Waals surface area contributed by atoms with Crippen molar-refractivity contribution in [2.24, 2.45) is 0 Å². The fourth-order valence-corrected chi connectivity index (χ4v) is 1.68. The summed E-state index contributed by atoms with van der Waals surface area (Å²) in [6, 6.07) is 6.92. The average Bonchev–Trinajstić information content (AvgIpc) is 2.30. The lowest BCUT2D eigenvalue weighted by molar-refractivity contribution is 0.397. The number of hydrogen-bond donors (Lipinski definition) is 1. The summed E-state index contributed by atoms with van der Waals surface area (Å²) in [6.07, 6.45) is 0. The molecular formula is C14H18ClFN2. The largest absolute Gasteiger partial charge is 0.299 e. The monoisotopic (exact) mass is 268 g/mol. The topological polar surface area (TPSA) is 35.8 Å². The Kier molecular flexibility index (Phi) is 4.37. The van der Waals surface area contributed by atoms with E-state index >= 15 is 0 Å². The maximum atomic E-state index is 13.1. The third-order valence-electron chi connectivity index (χ3n) is 2.95. The molecule has 0 aliphatic heterocycles. The number of benzene rings is 1. The van der Waals surface area contributed by atoms with E-state index in [0.717, 1.165) is 5.56 Å². The van der Waals surface area contributed by atoms with Gasteiger partial charge in [0, 0.05) is 12.0 Å². The van der Waals surface area contributed by atoms with Gasteiger partial charge in [-0.05, 0) is 31.5 Å². The van der Waals surface area contributed by atoms with E-state index in [1.807, 2.05) is 27.7 Å². The van der Waals surface area contributed by atoms with Crippen molar-refractivity contribution < 1.29 is 4.39 Å². The molecule has 0 saturated carbocycles. The smallest absolute Gasteiger partial charge is 0.141 e. The molecule has 0 aliphatic rings. The van der Waals surface area contributed by atoms with Gasteiger partial charge in [0.15, 0.2) is 0 Å². The van der Waals surface area contributed by atoms with E-state index in [9.17, 15) is 4.39 Å². The van der Waals surface area contributed by atoms with Crippen LogP contribution < -0.4 is 5.32 Å². The molecule has 0 unspecified atom stereocenters. The van der Waals surface area contributed by atoms with E-state index in [1.165, 1.54) is 6.07 Å². The van der Waals surface area contributed by atoms with E-state index in [-0.39, 0.29) is 10.4 Å². The normalized spacial score (nSPS) is 12.3. The third-order valence-corrected chi connectivity index (χ3v) is 3.24. The summed E-state index contributed by atoms with van der Waals surface area (Å²) < 4.78 is 13.1. The summed E-state index contributed by atoms with van der Waals surface area (Å²) >= 11 is 5.79. The first-order valence-corrected chi connectivity index (χ1v) is 6.17. The second kappa shape index (κ2) is 5.26. The highest BCUT2D eigenvalue weighted by molar-refractivity contribution is 6.30. The van der Waals surface area contributed by atoms with Crippen LogP contribution in [0.25, 0.3) is 0 Å². The molecule has 0 heterocycles. The van der Waals surface area contributed by atoms with Crippen LogP contribution in [0.3, 0.4) is 0 Å². The second-order valence-corrected chi connectivity index (χ2v) is 6.01. The molecule has 98 valence electrons.